The molecule has 1 heterocycles. The number of aryl methyl sites for hydroxylation is 1. The molecule has 1 aromatic carbocycles. The Morgan fingerprint density at radius 3 is 2.57 bits per heavy atom. The van der Waals surface area contributed by atoms with Gasteiger partial charge in [0.25, 0.3) is 5.89 Å². The Balaban J connectivity index is 1.83. The predicted octanol–water partition coefficient (Wildman–Crippen LogP) is 4.58. The van der Waals surface area contributed by atoms with E-state index < -0.39 is 0 Å². The molecule has 0 unspecified atom stereocenters. The van der Waals surface area contributed by atoms with Crippen LogP contribution in [0, 0.1) is 6.92 Å². The average Bonchev–Trinajstić information content (AvgIpc) is 2.90. The zero-order chi connectivity index (χ0) is 14.7. The lowest BCUT2D eigenvalue weighted by atomic mass is 9.91. The highest BCUT2D eigenvalue weighted by atomic mass is 16.5. The lowest BCUT2D eigenvalue weighted by molar-refractivity contribution is 0.391. The van der Waals surface area contributed by atoms with Gasteiger partial charge in [0.15, 0.2) is 5.82 Å². The second kappa shape index (κ2) is 6.29. The quantitative estimate of drug-likeness (QED) is 0.878. The molecule has 0 saturated heterocycles. The third-order valence-electron chi connectivity index (χ3n) is 4.29. The summed E-state index contributed by atoms with van der Waals surface area (Å²) in [6.45, 7) is 1.98. The van der Waals surface area contributed by atoms with Gasteiger partial charge >= 0.3 is 0 Å². The molecule has 1 N–H and O–H groups in total. The number of hydrogen-bond acceptors (Lipinski definition) is 4. The van der Waals surface area contributed by atoms with E-state index in [9.17, 15) is 5.11 Å². The monoisotopic (exact) mass is 286 g/mol. The van der Waals surface area contributed by atoms with Crippen molar-refractivity contribution in [2.24, 2.45) is 0 Å². The van der Waals surface area contributed by atoms with Crippen molar-refractivity contribution in [3.63, 3.8) is 0 Å². The van der Waals surface area contributed by atoms with E-state index in [0.29, 0.717) is 17.4 Å². The highest BCUT2D eigenvalue weighted by Crippen LogP contribution is 2.33. The Labute approximate surface area is 125 Å². The van der Waals surface area contributed by atoms with Gasteiger partial charge in [-0.05, 0) is 31.9 Å². The number of phenols is 1. The van der Waals surface area contributed by atoms with Gasteiger partial charge in [-0.15, -0.1) is 0 Å². The van der Waals surface area contributed by atoms with Crippen molar-refractivity contribution in [1.29, 1.82) is 0 Å². The summed E-state index contributed by atoms with van der Waals surface area (Å²) in [6, 6.07) is 5.42. The Morgan fingerprint density at radius 2 is 1.81 bits per heavy atom. The first-order valence-corrected chi connectivity index (χ1v) is 7.87. The normalized spacial score (nSPS) is 17.4. The summed E-state index contributed by atoms with van der Waals surface area (Å²) in [7, 11) is 0. The van der Waals surface area contributed by atoms with Gasteiger partial charge in [0.05, 0.1) is 5.56 Å². The van der Waals surface area contributed by atoms with Crippen molar-refractivity contribution < 1.29 is 9.63 Å². The Kier molecular flexibility index (Phi) is 4.23. The fourth-order valence-electron chi connectivity index (χ4n) is 3.05. The maximum Gasteiger partial charge on any atom is 0.261 e. The Morgan fingerprint density at radius 1 is 1.10 bits per heavy atom. The molecule has 1 aliphatic rings. The molecular weight excluding hydrogens is 264 g/mol. The van der Waals surface area contributed by atoms with Gasteiger partial charge in [0.1, 0.15) is 5.75 Å². The van der Waals surface area contributed by atoms with Gasteiger partial charge in [-0.2, -0.15) is 4.98 Å². The molecule has 0 spiro atoms. The van der Waals surface area contributed by atoms with E-state index in [1.165, 1.54) is 32.1 Å². The molecule has 0 radical (unpaired) electrons. The van der Waals surface area contributed by atoms with Crippen molar-refractivity contribution in [3.8, 4) is 17.2 Å². The van der Waals surface area contributed by atoms with Crippen LogP contribution in [-0.4, -0.2) is 15.2 Å². The van der Waals surface area contributed by atoms with Gasteiger partial charge < -0.3 is 9.63 Å². The standard InChI is InChI=1S/C17H22N2O2/c1-12-9-10-15(20)14(11-12)17-18-16(19-21-17)13-7-5-3-2-4-6-8-13/h9-11,13,20H,2-8H2,1H3. The van der Waals surface area contributed by atoms with Gasteiger partial charge in [0.2, 0.25) is 0 Å². The zero-order valence-electron chi connectivity index (χ0n) is 12.5. The molecule has 4 nitrogen and oxygen atoms in total. The van der Waals surface area contributed by atoms with Gasteiger partial charge in [-0.1, -0.05) is 48.9 Å². The van der Waals surface area contributed by atoms with Crippen molar-refractivity contribution in [2.75, 3.05) is 0 Å². The van der Waals surface area contributed by atoms with E-state index >= 15 is 0 Å². The van der Waals surface area contributed by atoms with Gasteiger partial charge in [-0.25, -0.2) is 0 Å². The van der Waals surface area contributed by atoms with Crippen LogP contribution in [0.2, 0.25) is 0 Å². The van der Waals surface area contributed by atoms with Crippen LogP contribution < -0.4 is 0 Å². The number of rotatable bonds is 2. The molecule has 3 rings (SSSR count). The summed E-state index contributed by atoms with van der Waals surface area (Å²) in [5.41, 5.74) is 1.69. The third kappa shape index (κ3) is 3.26. The van der Waals surface area contributed by atoms with Crippen molar-refractivity contribution in [3.05, 3.63) is 29.6 Å². The molecule has 1 saturated carbocycles. The third-order valence-corrected chi connectivity index (χ3v) is 4.29. The SMILES string of the molecule is Cc1ccc(O)c(-c2nc(C3CCCCCCC3)no2)c1. The average molecular weight is 286 g/mol. The fraction of sp³-hybridized carbons (Fsp3) is 0.529. The minimum atomic E-state index is 0.188. The first kappa shape index (κ1) is 14.1. The maximum atomic E-state index is 9.96. The van der Waals surface area contributed by atoms with Crippen molar-refractivity contribution >= 4 is 0 Å². The van der Waals surface area contributed by atoms with Crippen LogP contribution in [-0.2, 0) is 0 Å². The molecule has 1 aliphatic carbocycles. The number of aromatic nitrogens is 2. The number of phenolic OH excluding ortho intramolecular Hbond substituents is 1. The minimum absolute atomic E-state index is 0.188. The molecule has 0 bridgehead atoms. The smallest absolute Gasteiger partial charge is 0.261 e. The Bertz CT molecular complexity index is 599. The number of aromatic hydroxyl groups is 1. The first-order chi connectivity index (χ1) is 10.2. The molecule has 0 amide bonds. The molecule has 1 aromatic heterocycles. The van der Waals surface area contributed by atoms with Crippen LogP contribution in [0.5, 0.6) is 5.75 Å². The summed E-state index contributed by atoms with van der Waals surface area (Å²) < 4.78 is 5.39. The van der Waals surface area contributed by atoms with Crippen LogP contribution in [0.4, 0.5) is 0 Å². The highest BCUT2D eigenvalue weighted by molar-refractivity contribution is 5.63. The summed E-state index contributed by atoms with van der Waals surface area (Å²) in [4.78, 5) is 4.54. The maximum absolute atomic E-state index is 9.96. The topological polar surface area (TPSA) is 59.2 Å². The van der Waals surface area contributed by atoms with Crippen LogP contribution >= 0.6 is 0 Å². The molecule has 0 aliphatic heterocycles. The number of hydrogen-bond donors (Lipinski definition) is 1. The lowest BCUT2D eigenvalue weighted by Crippen LogP contribution is -2.04. The van der Waals surface area contributed by atoms with E-state index in [-0.39, 0.29) is 5.75 Å². The number of nitrogens with zero attached hydrogens (tertiary/aromatic N) is 2. The van der Waals surface area contributed by atoms with Gasteiger partial charge in [0, 0.05) is 5.92 Å². The summed E-state index contributed by atoms with van der Waals surface area (Å²) >= 11 is 0. The second-order valence-corrected chi connectivity index (χ2v) is 6.02. The number of benzene rings is 1. The summed E-state index contributed by atoms with van der Waals surface area (Å²) in [6.07, 6.45) is 8.72. The van der Waals surface area contributed by atoms with E-state index in [1.54, 1.807) is 6.07 Å². The minimum Gasteiger partial charge on any atom is -0.507 e. The summed E-state index contributed by atoms with van der Waals surface area (Å²) in [5, 5.41) is 14.1. The fourth-order valence-corrected chi connectivity index (χ4v) is 3.05. The van der Waals surface area contributed by atoms with Crippen LogP contribution in [0.15, 0.2) is 22.7 Å². The molecule has 1 fully saturated rings. The van der Waals surface area contributed by atoms with E-state index in [2.05, 4.69) is 10.1 Å². The highest BCUT2D eigenvalue weighted by Gasteiger charge is 2.21. The molecule has 112 valence electrons. The molecule has 0 atom stereocenters. The lowest BCUT2D eigenvalue weighted by Gasteiger charge is -2.15. The molecule has 2 aromatic rings. The van der Waals surface area contributed by atoms with Crippen molar-refractivity contribution in [1.82, 2.24) is 10.1 Å². The largest absolute Gasteiger partial charge is 0.507 e. The molecule has 21 heavy (non-hydrogen) atoms. The van der Waals surface area contributed by atoms with Crippen LogP contribution in [0.1, 0.15) is 62.3 Å². The van der Waals surface area contributed by atoms with Gasteiger partial charge in [-0.3, -0.25) is 0 Å². The van der Waals surface area contributed by atoms with Crippen LogP contribution in [0.3, 0.4) is 0 Å². The van der Waals surface area contributed by atoms with Crippen LogP contribution in [0.25, 0.3) is 11.5 Å². The zero-order valence-corrected chi connectivity index (χ0v) is 12.5. The van der Waals surface area contributed by atoms with E-state index in [4.69, 9.17) is 4.52 Å². The van der Waals surface area contributed by atoms with E-state index in [1.807, 2.05) is 19.1 Å². The summed E-state index contributed by atoms with van der Waals surface area (Å²) in [5.74, 6) is 1.81. The second-order valence-electron chi connectivity index (χ2n) is 6.02. The molecule has 4 heteroatoms. The molecular formula is C17H22N2O2. The van der Waals surface area contributed by atoms with Crippen molar-refractivity contribution in [2.45, 2.75) is 57.8 Å². The first-order valence-electron chi connectivity index (χ1n) is 7.87. The predicted molar refractivity (Wildman–Crippen MR) is 81.2 cm³/mol. The van der Waals surface area contributed by atoms with E-state index in [0.717, 1.165) is 24.2 Å². The Hall–Kier alpha value is -1.84.